The van der Waals surface area contributed by atoms with Crippen molar-refractivity contribution in [2.24, 2.45) is 0 Å². The predicted octanol–water partition coefficient (Wildman–Crippen LogP) is 3.40. The van der Waals surface area contributed by atoms with E-state index in [4.69, 9.17) is 9.47 Å². The van der Waals surface area contributed by atoms with Crippen LogP contribution in [-0.4, -0.2) is 43.5 Å². The van der Waals surface area contributed by atoms with E-state index in [0.29, 0.717) is 17.1 Å². The number of benzene rings is 1. The first kappa shape index (κ1) is 17.5. The molecule has 0 aromatic heterocycles. The molecule has 1 unspecified atom stereocenters. The molecule has 21 heavy (non-hydrogen) atoms. The highest BCUT2D eigenvalue weighted by molar-refractivity contribution is 6.05. The first-order chi connectivity index (χ1) is 9.98. The fourth-order valence-corrected chi connectivity index (χ4v) is 2.73. The number of ether oxygens (including phenoxy) is 2. The average molecular weight is 293 g/mol. The number of Topliss-reactive ketones (excluding diaryl/α,β-unsaturated/α-hetero) is 1. The number of rotatable bonds is 8. The molecule has 0 amide bonds. The van der Waals surface area contributed by atoms with Crippen LogP contribution in [0.1, 0.15) is 44.5 Å². The predicted molar refractivity (Wildman–Crippen MR) is 85.5 cm³/mol. The summed E-state index contributed by atoms with van der Waals surface area (Å²) in [4.78, 5) is 15.3. The molecule has 0 aliphatic rings. The van der Waals surface area contributed by atoms with Crippen molar-refractivity contribution in [2.75, 3.05) is 27.3 Å². The van der Waals surface area contributed by atoms with Gasteiger partial charge in [0, 0.05) is 6.07 Å². The van der Waals surface area contributed by atoms with Crippen LogP contribution in [0.25, 0.3) is 0 Å². The zero-order valence-corrected chi connectivity index (χ0v) is 14.0. The third-order valence-electron chi connectivity index (χ3n) is 4.29. The highest BCUT2D eigenvalue weighted by atomic mass is 16.5. The van der Waals surface area contributed by atoms with E-state index in [0.717, 1.165) is 19.5 Å². The highest BCUT2D eigenvalue weighted by Crippen LogP contribution is 2.31. The first-order valence-electron chi connectivity index (χ1n) is 7.50. The lowest BCUT2D eigenvalue weighted by molar-refractivity contribution is 0.0604. The van der Waals surface area contributed by atoms with E-state index < -0.39 is 5.54 Å². The van der Waals surface area contributed by atoms with E-state index in [1.807, 2.05) is 13.8 Å². The van der Waals surface area contributed by atoms with Crippen LogP contribution in [-0.2, 0) is 0 Å². The maximum absolute atomic E-state index is 13.1. The summed E-state index contributed by atoms with van der Waals surface area (Å²) < 4.78 is 10.6. The molecule has 0 aliphatic carbocycles. The summed E-state index contributed by atoms with van der Waals surface area (Å²) in [6, 6.07) is 5.34. The Morgan fingerprint density at radius 1 is 1.14 bits per heavy atom. The van der Waals surface area contributed by atoms with Crippen LogP contribution in [0.15, 0.2) is 18.2 Å². The molecule has 1 aromatic rings. The highest BCUT2D eigenvalue weighted by Gasteiger charge is 2.38. The lowest BCUT2D eigenvalue weighted by Gasteiger charge is -2.38. The average Bonchev–Trinajstić information content (AvgIpc) is 2.54. The van der Waals surface area contributed by atoms with Crippen molar-refractivity contribution in [3.05, 3.63) is 23.8 Å². The first-order valence-corrected chi connectivity index (χ1v) is 7.50. The van der Waals surface area contributed by atoms with Crippen LogP contribution >= 0.6 is 0 Å². The van der Waals surface area contributed by atoms with Gasteiger partial charge in [-0.15, -0.1) is 0 Å². The number of nitrogens with zero attached hydrogens (tertiary/aromatic N) is 1. The van der Waals surface area contributed by atoms with Crippen LogP contribution in [0, 0.1) is 0 Å². The zero-order chi connectivity index (χ0) is 16.0. The Kier molecular flexibility index (Phi) is 6.21. The standard InChI is InChI=1S/C17H27NO3/c1-7-17(4,18(8-2)9-3)16(19)14-11-10-13(20-5)12-15(14)21-6/h10-12H,7-9H2,1-6H3. The second-order valence-electron chi connectivity index (χ2n) is 5.20. The summed E-state index contributed by atoms with van der Waals surface area (Å²) in [7, 11) is 3.18. The molecule has 0 saturated carbocycles. The summed E-state index contributed by atoms with van der Waals surface area (Å²) in [5.41, 5.74) is 0.0836. The zero-order valence-electron chi connectivity index (χ0n) is 14.0. The van der Waals surface area contributed by atoms with Gasteiger partial charge in [-0.2, -0.15) is 0 Å². The maximum Gasteiger partial charge on any atom is 0.186 e. The fourth-order valence-electron chi connectivity index (χ4n) is 2.73. The SMILES string of the molecule is CCN(CC)C(C)(CC)C(=O)c1ccc(OC)cc1OC. The van der Waals surface area contributed by atoms with E-state index in [1.165, 1.54) is 0 Å². The van der Waals surface area contributed by atoms with E-state index in [1.54, 1.807) is 32.4 Å². The molecule has 0 heterocycles. The van der Waals surface area contributed by atoms with Crippen LogP contribution < -0.4 is 9.47 Å². The quantitative estimate of drug-likeness (QED) is 0.689. The van der Waals surface area contributed by atoms with Gasteiger partial charge in [0.05, 0.1) is 25.3 Å². The Hall–Kier alpha value is -1.55. The maximum atomic E-state index is 13.1. The molecule has 0 saturated heterocycles. The second-order valence-corrected chi connectivity index (χ2v) is 5.20. The van der Waals surface area contributed by atoms with Crippen molar-refractivity contribution in [1.29, 1.82) is 0 Å². The largest absolute Gasteiger partial charge is 0.497 e. The van der Waals surface area contributed by atoms with Crippen molar-refractivity contribution < 1.29 is 14.3 Å². The van der Waals surface area contributed by atoms with Gasteiger partial charge in [0.25, 0.3) is 0 Å². The molecule has 1 atom stereocenters. The van der Waals surface area contributed by atoms with Crippen LogP contribution in [0.4, 0.5) is 0 Å². The van der Waals surface area contributed by atoms with E-state index in [9.17, 15) is 4.79 Å². The normalized spacial score (nSPS) is 13.9. The van der Waals surface area contributed by atoms with Gasteiger partial charge in [-0.05, 0) is 38.6 Å². The molecule has 0 radical (unpaired) electrons. The molecule has 118 valence electrons. The number of carbonyl (C=O) groups is 1. The van der Waals surface area contributed by atoms with Gasteiger partial charge in [-0.3, -0.25) is 9.69 Å². The van der Waals surface area contributed by atoms with Crippen LogP contribution in [0.2, 0.25) is 0 Å². The molecule has 0 fully saturated rings. The lowest BCUT2D eigenvalue weighted by Crippen LogP contribution is -2.52. The number of hydrogen-bond acceptors (Lipinski definition) is 4. The third-order valence-corrected chi connectivity index (χ3v) is 4.29. The molecule has 0 spiro atoms. The summed E-state index contributed by atoms with van der Waals surface area (Å²) in [5, 5.41) is 0. The number of hydrogen-bond donors (Lipinski definition) is 0. The van der Waals surface area contributed by atoms with Gasteiger partial charge in [0.15, 0.2) is 5.78 Å². The van der Waals surface area contributed by atoms with E-state index in [2.05, 4.69) is 18.7 Å². The smallest absolute Gasteiger partial charge is 0.186 e. The number of likely N-dealkylation sites (N-methyl/N-ethyl adjacent to an activating group) is 1. The molecule has 0 bridgehead atoms. The summed E-state index contributed by atoms with van der Waals surface area (Å²) >= 11 is 0. The van der Waals surface area contributed by atoms with E-state index >= 15 is 0 Å². The monoisotopic (exact) mass is 293 g/mol. The Morgan fingerprint density at radius 3 is 2.19 bits per heavy atom. The molecule has 4 heteroatoms. The van der Waals surface area contributed by atoms with Gasteiger partial charge in [0.2, 0.25) is 0 Å². The third kappa shape index (κ3) is 3.38. The molecule has 0 N–H and O–H groups in total. The molecule has 4 nitrogen and oxygen atoms in total. The Morgan fingerprint density at radius 2 is 1.76 bits per heavy atom. The van der Waals surface area contributed by atoms with Gasteiger partial charge in [0.1, 0.15) is 11.5 Å². The minimum absolute atomic E-state index is 0.0909. The van der Waals surface area contributed by atoms with E-state index in [-0.39, 0.29) is 5.78 Å². The molecule has 1 aromatic carbocycles. The van der Waals surface area contributed by atoms with Gasteiger partial charge >= 0.3 is 0 Å². The van der Waals surface area contributed by atoms with Crippen molar-refractivity contribution in [1.82, 2.24) is 4.90 Å². The van der Waals surface area contributed by atoms with Gasteiger partial charge < -0.3 is 9.47 Å². The minimum Gasteiger partial charge on any atom is -0.497 e. The Bertz CT molecular complexity index is 483. The fraction of sp³-hybridized carbons (Fsp3) is 0.588. The number of ketones is 1. The summed E-state index contributed by atoms with van der Waals surface area (Å²) in [5.74, 6) is 1.34. The van der Waals surface area contributed by atoms with Crippen molar-refractivity contribution in [3.63, 3.8) is 0 Å². The second kappa shape index (κ2) is 7.46. The Balaban J connectivity index is 3.28. The van der Waals surface area contributed by atoms with Crippen molar-refractivity contribution >= 4 is 5.78 Å². The van der Waals surface area contributed by atoms with Gasteiger partial charge in [-0.25, -0.2) is 0 Å². The number of methoxy groups -OCH3 is 2. The van der Waals surface area contributed by atoms with Crippen LogP contribution in [0.5, 0.6) is 11.5 Å². The molecular formula is C17H27NO3. The number of carbonyl (C=O) groups excluding carboxylic acids is 1. The van der Waals surface area contributed by atoms with Crippen molar-refractivity contribution in [3.8, 4) is 11.5 Å². The molecule has 0 aliphatic heterocycles. The van der Waals surface area contributed by atoms with Gasteiger partial charge in [-0.1, -0.05) is 20.8 Å². The lowest BCUT2D eigenvalue weighted by atomic mass is 9.86. The summed E-state index contributed by atoms with van der Waals surface area (Å²) in [6.07, 6.45) is 0.753. The Labute approximate surface area is 128 Å². The molecule has 1 rings (SSSR count). The molecular weight excluding hydrogens is 266 g/mol. The summed E-state index contributed by atoms with van der Waals surface area (Å²) in [6.45, 7) is 9.89. The van der Waals surface area contributed by atoms with Crippen LogP contribution in [0.3, 0.4) is 0 Å². The topological polar surface area (TPSA) is 38.8 Å². The minimum atomic E-state index is -0.522. The van der Waals surface area contributed by atoms with Crippen molar-refractivity contribution in [2.45, 2.75) is 39.7 Å².